The Morgan fingerprint density at radius 2 is 1.83 bits per heavy atom. The Labute approximate surface area is 221 Å². The van der Waals surface area contributed by atoms with Gasteiger partial charge >= 0.3 is 5.97 Å². The first-order valence-electron chi connectivity index (χ1n) is 11.9. The third kappa shape index (κ3) is 5.46. The van der Waals surface area contributed by atoms with Gasteiger partial charge in [-0.1, -0.05) is 41.4 Å². The number of allylic oxidation sites excluding steroid dienone is 3. The number of carbonyl (C=O) groups is 2. The van der Waals surface area contributed by atoms with Crippen molar-refractivity contribution in [3.05, 3.63) is 86.2 Å². The zero-order chi connectivity index (χ0) is 25.8. The number of hydrogen-bond acceptors (Lipinski definition) is 6. The van der Waals surface area contributed by atoms with Gasteiger partial charge in [0, 0.05) is 46.0 Å². The van der Waals surface area contributed by atoms with E-state index in [1.54, 1.807) is 25.3 Å². The monoisotopic (exact) mass is 529 g/mol. The van der Waals surface area contributed by atoms with Crippen LogP contribution < -0.4 is 10.1 Å². The summed E-state index contributed by atoms with van der Waals surface area (Å²) in [5.74, 6) is -0.432. The summed E-state index contributed by atoms with van der Waals surface area (Å²) in [6.45, 7) is 4.64. The summed E-state index contributed by atoms with van der Waals surface area (Å²) in [4.78, 5) is 27.0. The standard InChI is InChI=1S/C28H29Cl2NO5/c1-4-35-11-12-36-28(33)25-16(2)31-23-13-18(17-5-8-20(34-3)9-6-17)14-24(32)27(23)26(25)21-10-7-19(29)15-22(21)30/h5-10,15,18,26,31H,4,11-14H2,1-3H3/t18-,26-/m1/s1. The fraction of sp³-hybridized carbons (Fsp3) is 0.357. The fourth-order valence-electron chi connectivity index (χ4n) is 4.88. The number of nitrogens with one attached hydrogen (secondary N) is 1. The van der Waals surface area contributed by atoms with Gasteiger partial charge in [0.2, 0.25) is 0 Å². The van der Waals surface area contributed by atoms with Gasteiger partial charge in [0.1, 0.15) is 12.4 Å². The summed E-state index contributed by atoms with van der Waals surface area (Å²) in [5, 5.41) is 4.21. The van der Waals surface area contributed by atoms with Crippen LogP contribution >= 0.6 is 23.2 Å². The second-order valence-electron chi connectivity index (χ2n) is 8.79. The molecule has 1 aliphatic carbocycles. The smallest absolute Gasteiger partial charge is 0.336 e. The van der Waals surface area contributed by atoms with E-state index in [1.807, 2.05) is 38.1 Å². The average Bonchev–Trinajstić information content (AvgIpc) is 2.85. The first-order valence-corrected chi connectivity index (χ1v) is 12.7. The van der Waals surface area contributed by atoms with Gasteiger partial charge in [-0.05, 0) is 61.6 Å². The summed E-state index contributed by atoms with van der Waals surface area (Å²) in [7, 11) is 1.62. The van der Waals surface area contributed by atoms with Crippen LogP contribution in [0.3, 0.4) is 0 Å². The molecule has 0 amide bonds. The Morgan fingerprint density at radius 3 is 2.50 bits per heavy atom. The molecule has 190 valence electrons. The average molecular weight is 530 g/mol. The number of rotatable bonds is 8. The highest BCUT2D eigenvalue weighted by Crippen LogP contribution is 2.47. The number of Topliss-reactive ketones (excluding diaryl/α,β-unsaturated/α-hetero) is 1. The van der Waals surface area contributed by atoms with E-state index in [0.717, 1.165) is 17.0 Å². The molecule has 4 rings (SSSR count). The number of ketones is 1. The Bertz CT molecular complexity index is 1220. The molecule has 0 unspecified atom stereocenters. The minimum absolute atomic E-state index is 0.00323. The van der Waals surface area contributed by atoms with Crippen LogP contribution in [0.5, 0.6) is 5.75 Å². The van der Waals surface area contributed by atoms with Crippen molar-refractivity contribution in [1.29, 1.82) is 0 Å². The molecule has 2 aliphatic rings. The lowest BCUT2D eigenvalue weighted by Crippen LogP contribution is -2.36. The molecular formula is C28H29Cl2NO5. The summed E-state index contributed by atoms with van der Waals surface area (Å²) >= 11 is 12.8. The fourth-order valence-corrected chi connectivity index (χ4v) is 5.40. The number of carbonyl (C=O) groups excluding carboxylic acids is 2. The summed E-state index contributed by atoms with van der Waals surface area (Å²) in [6, 6.07) is 12.9. The van der Waals surface area contributed by atoms with Crippen molar-refractivity contribution in [2.45, 2.75) is 38.5 Å². The molecule has 0 fully saturated rings. The molecule has 8 heteroatoms. The van der Waals surface area contributed by atoms with E-state index < -0.39 is 11.9 Å². The number of ether oxygens (including phenoxy) is 3. The topological polar surface area (TPSA) is 73.9 Å². The largest absolute Gasteiger partial charge is 0.497 e. The van der Waals surface area contributed by atoms with Crippen LogP contribution in [0.1, 0.15) is 49.7 Å². The normalized spacial score (nSPS) is 19.6. The van der Waals surface area contributed by atoms with E-state index in [4.69, 9.17) is 37.4 Å². The van der Waals surface area contributed by atoms with Crippen molar-refractivity contribution in [2.24, 2.45) is 0 Å². The molecule has 0 aromatic heterocycles. The van der Waals surface area contributed by atoms with Crippen LogP contribution in [0.15, 0.2) is 65.0 Å². The minimum atomic E-state index is -0.657. The molecule has 0 spiro atoms. The zero-order valence-corrected chi connectivity index (χ0v) is 22.0. The molecule has 1 aliphatic heterocycles. The van der Waals surface area contributed by atoms with E-state index in [9.17, 15) is 9.59 Å². The maximum Gasteiger partial charge on any atom is 0.336 e. The van der Waals surface area contributed by atoms with Crippen LogP contribution in [-0.4, -0.2) is 38.7 Å². The van der Waals surface area contributed by atoms with Crippen molar-refractivity contribution in [2.75, 3.05) is 26.9 Å². The summed E-state index contributed by atoms with van der Waals surface area (Å²) < 4.78 is 16.1. The third-order valence-corrected chi connectivity index (χ3v) is 7.14. The highest BCUT2D eigenvalue weighted by molar-refractivity contribution is 6.35. The van der Waals surface area contributed by atoms with Crippen LogP contribution in [0.2, 0.25) is 10.0 Å². The predicted molar refractivity (Wildman–Crippen MR) is 139 cm³/mol. The zero-order valence-electron chi connectivity index (χ0n) is 20.5. The number of dihydropyridines is 1. The van der Waals surface area contributed by atoms with Crippen LogP contribution in [-0.2, 0) is 19.1 Å². The first-order chi connectivity index (χ1) is 17.3. The molecule has 0 saturated heterocycles. The van der Waals surface area contributed by atoms with Gasteiger partial charge < -0.3 is 19.5 Å². The van der Waals surface area contributed by atoms with Gasteiger partial charge in [0.05, 0.1) is 19.3 Å². The maximum atomic E-state index is 13.7. The van der Waals surface area contributed by atoms with E-state index in [-0.39, 0.29) is 18.3 Å². The van der Waals surface area contributed by atoms with Crippen molar-refractivity contribution >= 4 is 35.0 Å². The quantitative estimate of drug-likeness (QED) is 0.336. The van der Waals surface area contributed by atoms with E-state index >= 15 is 0 Å². The molecule has 2 aromatic carbocycles. The van der Waals surface area contributed by atoms with Gasteiger partial charge in [-0.2, -0.15) is 0 Å². The second kappa shape index (κ2) is 11.5. The Hall–Kier alpha value is -2.80. The van der Waals surface area contributed by atoms with Crippen molar-refractivity contribution in [3.8, 4) is 5.75 Å². The van der Waals surface area contributed by atoms with E-state index in [0.29, 0.717) is 58.5 Å². The predicted octanol–water partition coefficient (Wildman–Crippen LogP) is 5.94. The lowest BCUT2D eigenvalue weighted by atomic mass is 9.71. The van der Waals surface area contributed by atoms with Gasteiger partial charge in [-0.25, -0.2) is 4.79 Å². The van der Waals surface area contributed by atoms with Gasteiger partial charge in [-0.3, -0.25) is 4.79 Å². The third-order valence-electron chi connectivity index (χ3n) is 6.57. The maximum absolute atomic E-state index is 13.7. The molecular weight excluding hydrogens is 501 g/mol. The Balaban J connectivity index is 1.72. The number of halogens is 2. The molecule has 1 heterocycles. The highest BCUT2D eigenvalue weighted by atomic mass is 35.5. The number of esters is 1. The summed E-state index contributed by atoms with van der Waals surface area (Å²) in [5.41, 5.74) is 4.04. The number of methoxy groups -OCH3 is 1. The van der Waals surface area contributed by atoms with Gasteiger partial charge in [-0.15, -0.1) is 0 Å². The van der Waals surface area contributed by atoms with Crippen molar-refractivity contribution < 1.29 is 23.8 Å². The number of benzene rings is 2. The van der Waals surface area contributed by atoms with Crippen LogP contribution in [0, 0.1) is 0 Å². The molecule has 0 bridgehead atoms. The molecule has 2 atom stereocenters. The molecule has 36 heavy (non-hydrogen) atoms. The Morgan fingerprint density at radius 1 is 1.08 bits per heavy atom. The molecule has 0 radical (unpaired) electrons. The Kier molecular flexibility index (Phi) is 8.39. The van der Waals surface area contributed by atoms with Crippen molar-refractivity contribution in [1.82, 2.24) is 5.32 Å². The van der Waals surface area contributed by atoms with Gasteiger partial charge in [0.25, 0.3) is 0 Å². The minimum Gasteiger partial charge on any atom is -0.497 e. The lowest BCUT2D eigenvalue weighted by molar-refractivity contribution is -0.140. The highest BCUT2D eigenvalue weighted by Gasteiger charge is 2.42. The van der Waals surface area contributed by atoms with Crippen LogP contribution in [0.4, 0.5) is 0 Å². The summed E-state index contributed by atoms with van der Waals surface area (Å²) in [6.07, 6.45) is 0.944. The lowest BCUT2D eigenvalue weighted by Gasteiger charge is -2.37. The van der Waals surface area contributed by atoms with Crippen molar-refractivity contribution in [3.63, 3.8) is 0 Å². The van der Waals surface area contributed by atoms with E-state index in [2.05, 4.69) is 5.32 Å². The molecule has 0 saturated carbocycles. The SMILES string of the molecule is CCOCCOC(=O)C1=C(C)NC2=C(C(=O)C[C@H](c3ccc(OC)cc3)C2)[C@@H]1c1ccc(Cl)cc1Cl. The second-order valence-corrected chi connectivity index (χ2v) is 9.63. The molecule has 2 aromatic rings. The molecule has 1 N–H and O–H groups in total. The van der Waals surface area contributed by atoms with Gasteiger partial charge in [0.15, 0.2) is 5.78 Å². The van der Waals surface area contributed by atoms with E-state index in [1.165, 1.54) is 0 Å². The first kappa shape index (κ1) is 26.3. The number of hydrogen-bond donors (Lipinski definition) is 1. The van der Waals surface area contributed by atoms with Crippen LogP contribution in [0.25, 0.3) is 0 Å². The molecule has 6 nitrogen and oxygen atoms in total.